The Morgan fingerprint density at radius 2 is 1.94 bits per heavy atom. The number of rotatable bonds is 7. The Labute approximate surface area is 200 Å². The van der Waals surface area contributed by atoms with E-state index in [1.54, 1.807) is 6.92 Å². The van der Waals surface area contributed by atoms with Gasteiger partial charge in [-0.25, -0.2) is 0 Å². The Morgan fingerprint density at radius 3 is 2.74 bits per heavy atom. The number of piperidine rings is 1. The summed E-state index contributed by atoms with van der Waals surface area (Å²) in [5, 5.41) is 26.3. The van der Waals surface area contributed by atoms with E-state index in [9.17, 15) is 9.90 Å². The van der Waals surface area contributed by atoms with E-state index in [0.717, 1.165) is 67.8 Å². The van der Waals surface area contributed by atoms with Gasteiger partial charge in [-0.15, -0.1) is 0 Å². The third-order valence-electron chi connectivity index (χ3n) is 7.08. The highest BCUT2D eigenvalue weighted by molar-refractivity contribution is 5.97. The number of amides is 1. The number of benzene rings is 2. The summed E-state index contributed by atoms with van der Waals surface area (Å²) in [4.78, 5) is 15.8. The van der Waals surface area contributed by atoms with Crippen molar-refractivity contribution in [3.63, 3.8) is 0 Å². The highest BCUT2D eigenvalue weighted by Crippen LogP contribution is 2.28. The molecule has 2 aliphatic heterocycles. The number of β-amino-alcohol motifs (C(OH)–C–C–N with tert-alkyl or cyclic N) is 1. The number of nitrogens with zero attached hydrogens (tertiary/aromatic N) is 3. The minimum absolute atomic E-state index is 0.150. The maximum absolute atomic E-state index is 11.6. The van der Waals surface area contributed by atoms with Crippen LogP contribution < -0.4 is 10.6 Å². The first kappa shape index (κ1) is 22.7. The van der Waals surface area contributed by atoms with Gasteiger partial charge < -0.3 is 20.6 Å². The number of H-pyrrole nitrogens is 1. The lowest BCUT2D eigenvalue weighted by Gasteiger charge is -2.32. The van der Waals surface area contributed by atoms with Crippen LogP contribution >= 0.6 is 0 Å². The fourth-order valence-electron chi connectivity index (χ4n) is 5.14. The summed E-state index contributed by atoms with van der Waals surface area (Å²) in [5.74, 6) is 0.908. The topological polar surface area (TPSA) is 96.5 Å². The molecule has 1 atom stereocenters. The van der Waals surface area contributed by atoms with Crippen molar-refractivity contribution in [2.75, 3.05) is 43.4 Å². The number of carbonyl (C=O) groups excluding carboxylic acids is 1. The average molecular weight is 463 g/mol. The molecule has 1 fully saturated rings. The summed E-state index contributed by atoms with van der Waals surface area (Å²) < 4.78 is 0. The Bertz CT molecular complexity index is 1140. The number of hydrogen-bond acceptors (Lipinski definition) is 6. The molecule has 0 radical (unpaired) electrons. The van der Waals surface area contributed by atoms with Crippen LogP contribution in [0.15, 0.2) is 42.5 Å². The first-order chi connectivity index (χ1) is 16.6. The Hall–Kier alpha value is -3.10. The number of aromatic nitrogens is 2. The molecule has 2 aromatic carbocycles. The Balaban J connectivity index is 1.16. The van der Waals surface area contributed by atoms with Crippen molar-refractivity contribution in [3.8, 4) is 0 Å². The SMILES string of the molecule is CC(=O)N1CCC(Nc2cccc3c(NCC(O)CN4CCc5ccccc5C4)n[nH]c23)CC1. The van der Waals surface area contributed by atoms with E-state index in [4.69, 9.17) is 0 Å². The van der Waals surface area contributed by atoms with Crippen LogP contribution in [0.25, 0.3) is 10.9 Å². The van der Waals surface area contributed by atoms with Gasteiger partial charge in [0.1, 0.15) is 0 Å². The summed E-state index contributed by atoms with van der Waals surface area (Å²) >= 11 is 0. The molecule has 0 aliphatic carbocycles. The van der Waals surface area contributed by atoms with Crippen LogP contribution in [0.4, 0.5) is 11.5 Å². The van der Waals surface area contributed by atoms with Crippen LogP contribution in [0.5, 0.6) is 0 Å². The minimum Gasteiger partial charge on any atom is -0.390 e. The number of aromatic amines is 1. The lowest BCUT2D eigenvalue weighted by molar-refractivity contribution is -0.129. The van der Waals surface area contributed by atoms with Gasteiger partial charge in [-0.3, -0.25) is 14.8 Å². The zero-order chi connectivity index (χ0) is 23.5. The van der Waals surface area contributed by atoms with Crippen LogP contribution in [-0.4, -0.2) is 75.9 Å². The monoisotopic (exact) mass is 462 g/mol. The summed E-state index contributed by atoms with van der Waals surface area (Å²) in [7, 11) is 0. The second-order valence-electron chi connectivity index (χ2n) is 9.51. The third kappa shape index (κ3) is 5.03. The first-order valence-electron chi connectivity index (χ1n) is 12.3. The Kier molecular flexibility index (Phi) is 6.69. The molecule has 1 unspecified atom stereocenters. The number of anilines is 2. The van der Waals surface area contributed by atoms with Gasteiger partial charge in [0, 0.05) is 57.6 Å². The summed E-state index contributed by atoms with van der Waals surface area (Å²) in [6.07, 6.45) is 2.42. The van der Waals surface area contributed by atoms with Gasteiger partial charge in [-0.1, -0.05) is 30.3 Å². The normalized spacial score (nSPS) is 18.0. The van der Waals surface area contributed by atoms with Crippen LogP contribution in [0.1, 0.15) is 30.9 Å². The number of aliphatic hydroxyl groups is 1. The number of hydrogen-bond donors (Lipinski definition) is 4. The quantitative estimate of drug-likeness (QED) is 0.431. The van der Waals surface area contributed by atoms with Crippen molar-refractivity contribution in [3.05, 3.63) is 53.6 Å². The summed E-state index contributed by atoms with van der Waals surface area (Å²) in [6, 6.07) is 15.0. The average Bonchev–Trinajstić information content (AvgIpc) is 3.27. The van der Waals surface area contributed by atoms with Crippen molar-refractivity contribution in [1.29, 1.82) is 0 Å². The molecule has 5 rings (SSSR count). The molecule has 180 valence electrons. The molecule has 3 heterocycles. The highest BCUT2D eigenvalue weighted by atomic mass is 16.3. The van der Waals surface area contributed by atoms with Crippen molar-refractivity contribution in [1.82, 2.24) is 20.0 Å². The number of likely N-dealkylation sites (tertiary alicyclic amines) is 1. The van der Waals surface area contributed by atoms with Crippen molar-refractivity contribution < 1.29 is 9.90 Å². The number of para-hydroxylation sites is 1. The molecule has 4 N–H and O–H groups in total. The first-order valence-corrected chi connectivity index (χ1v) is 12.3. The summed E-state index contributed by atoms with van der Waals surface area (Å²) in [6.45, 7) is 6.15. The van der Waals surface area contributed by atoms with E-state index in [2.05, 4.69) is 56.1 Å². The molecule has 1 aromatic heterocycles. The van der Waals surface area contributed by atoms with E-state index in [1.165, 1.54) is 11.1 Å². The molecule has 1 saturated heterocycles. The number of fused-ring (bicyclic) bond motifs is 2. The van der Waals surface area contributed by atoms with E-state index < -0.39 is 6.10 Å². The van der Waals surface area contributed by atoms with Gasteiger partial charge in [0.25, 0.3) is 0 Å². The van der Waals surface area contributed by atoms with Crippen molar-refractivity contribution in [2.24, 2.45) is 0 Å². The molecular weight excluding hydrogens is 428 g/mol. The predicted octanol–water partition coefficient (Wildman–Crippen LogP) is 2.82. The molecule has 2 aliphatic rings. The maximum atomic E-state index is 11.6. The molecule has 0 bridgehead atoms. The zero-order valence-electron chi connectivity index (χ0n) is 19.8. The van der Waals surface area contributed by atoms with Crippen LogP contribution in [0.3, 0.4) is 0 Å². The van der Waals surface area contributed by atoms with Crippen molar-refractivity contribution >= 4 is 28.3 Å². The van der Waals surface area contributed by atoms with E-state index in [-0.39, 0.29) is 5.91 Å². The number of aliphatic hydroxyl groups excluding tert-OH is 1. The predicted molar refractivity (Wildman–Crippen MR) is 135 cm³/mol. The second-order valence-corrected chi connectivity index (χ2v) is 9.51. The van der Waals surface area contributed by atoms with E-state index in [0.29, 0.717) is 19.1 Å². The van der Waals surface area contributed by atoms with Gasteiger partial charge in [-0.2, -0.15) is 5.10 Å². The van der Waals surface area contributed by atoms with E-state index in [1.807, 2.05) is 17.0 Å². The zero-order valence-corrected chi connectivity index (χ0v) is 19.8. The van der Waals surface area contributed by atoms with Crippen LogP contribution in [0.2, 0.25) is 0 Å². The third-order valence-corrected chi connectivity index (χ3v) is 7.08. The molecule has 3 aromatic rings. The highest BCUT2D eigenvalue weighted by Gasteiger charge is 2.22. The maximum Gasteiger partial charge on any atom is 0.219 e. The fourth-order valence-corrected chi connectivity index (χ4v) is 5.14. The molecule has 0 saturated carbocycles. The molecule has 34 heavy (non-hydrogen) atoms. The van der Waals surface area contributed by atoms with Crippen LogP contribution in [0, 0.1) is 0 Å². The van der Waals surface area contributed by atoms with Gasteiger partial charge in [0.05, 0.1) is 17.3 Å². The lowest BCUT2D eigenvalue weighted by atomic mass is 10.00. The number of carbonyl (C=O) groups is 1. The van der Waals surface area contributed by atoms with Gasteiger partial charge >= 0.3 is 0 Å². The molecule has 1 amide bonds. The molecule has 8 heteroatoms. The van der Waals surface area contributed by atoms with Gasteiger partial charge in [0.15, 0.2) is 5.82 Å². The smallest absolute Gasteiger partial charge is 0.219 e. The van der Waals surface area contributed by atoms with Crippen molar-refractivity contribution in [2.45, 2.75) is 44.9 Å². The number of nitrogens with one attached hydrogen (secondary N) is 3. The molecule has 0 spiro atoms. The lowest BCUT2D eigenvalue weighted by Crippen LogP contribution is -2.41. The Morgan fingerprint density at radius 1 is 1.15 bits per heavy atom. The standard InChI is InChI=1S/C26H34N6O2/c1-18(33)32-13-10-21(11-14-32)28-24-8-4-7-23-25(24)29-30-26(23)27-15-22(34)17-31-12-9-19-5-2-3-6-20(19)16-31/h2-8,21-22,28,34H,9-17H2,1H3,(H2,27,29,30). The van der Waals surface area contributed by atoms with Gasteiger partial charge in [0.2, 0.25) is 5.91 Å². The van der Waals surface area contributed by atoms with Crippen LogP contribution in [-0.2, 0) is 17.8 Å². The largest absolute Gasteiger partial charge is 0.390 e. The molecular formula is C26H34N6O2. The molecule has 8 nitrogen and oxygen atoms in total. The summed E-state index contributed by atoms with van der Waals surface area (Å²) in [5.41, 5.74) is 4.76. The van der Waals surface area contributed by atoms with Gasteiger partial charge in [-0.05, 0) is 42.5 Å². The minimum atomic E-state index is -0.482. The second kappa shape index (κ2) is 10.0. The fraction of sp³-hybridized carbons (Fsp3) is 0.462. The van der Waals surface area contributed by atoms with E-state index >= 15 is 0 Å².